The van der Waals surface area contributed by atoms with Gasteiger partial charge in [-0.25, -0.2) is 0 Å². The maximum absolute atomic E-state index is 12.9. The van der Waals surface area contributed by atoms with E-state index in [4.69, 9.17) is 0 Å². The summed E-state index contributed by atoms with van der Waals surface area (Å²) in [7, 11) is 3.76. The lowest BCUT2D eigenvalue weighted by atomic mass is 9.81. The zero-order valence-corrected chi connectivity index (χ0v) is 16.4. The van der Waals surface area contributed by atoms with E-state index in [1.54, 1.807) is 23.3 Å². The summed E-state index contributed by atoms with van der Waals surface area (Å²) in [5.74, 6) is 0.0339. The Hall–Kier alpha value is -0.900. The Morgan fingerprint density at radius 3 is 2.57 bits per heavy atom. The SMILES string of the molecule is CC(C(=O)N(C)C1(C#N)CCCCC1)N(C)Cc1ccc(Br)s1. The molecule has 1 unspecified atom stereocenters. The van der Waals surface area contributed by atoms with Crippen molar-refractivity contribution in [1.29, 1.82) is 5.26 Å². The zero-order valence-electron chi connectivity index (χ0n) is 14.0. The molecular formula is C17H24BrN3OS. The molecule has 1 aliphatic rings. The summed E-state index contributed by atoms with van der Waals surface area (Å²) in [5.41, 5.74) is -0.615. The predicted molar refractivity (Wildman–Crippen MR) is 97.1 cm³/mol. The Morgan fingerprint density at radius 2 is 2.04 bits per heavy atom. The number of carbonyl (C=O) groups excluding carboxylic acids is 1. The fourth-order valence-corrected chi connectivity index (χ4v) is 4.70. The van der Waals surface area contributed by atoms with Crippen LogP contribution in [-0.2, 0) is 11.3 Å². The van der Waals surface area contributed by atoms with Gasteiger partial charge in [0.25, 0.3) is 0 Å². The summed E-state index contributed by atoms with van der Waals surface area (Å²) in [6.07, 6.45) is 4.80. The molecule has 0 aromatic carbocycles. The standard InChI is InChI=1S/C17H24BrN3OS/c1-13(20(2)11-14-7-8-15(18)23-14)16(22)21(3)17(12-19)9-5-4-6-10-17/h7-8,13H,4-6,9-11H2,1-3H3. The third kappa shape index (κ3) is 4.14. The number of carbonyl (C=O) groups is 1. The van der Waals surface area contributed by atoms with Gasteiger partial charge in [0.1, 0.15) is 5.54 Å². The molecule has 1 aromatic rings. The fraction of sp³-hybridized carbons (Fsp3) is 0.647. The topological polar surface area (TPSA) is 47.3 Å². The average Bonchev–Trinajstić information content (AvgIpc) is 2.98. The maximum Gasteiger partial charge on any atom is 0.240 e. The van der Waals surface area contributed by atoms with E-state index >= 15 is 0 Å². The molecule has 1 aromatic heterocycles. The number of thiophene rings is 1. The highest BCUT2D eigenvalue weighted by Gasteiger charge is 2.40. The molecule has 0 spiro atoms. The minimum atomic E-state index is -0.615. The molecule has 2 rings (SSSR count). The van der Waals surface area contributed by atoms with Crippen molar-refractivity contribution in [1.82, 2.24) is 9.80 Å². The van der Waals surface area contributed by atoms with Crippen LogP contribution >= 0.6 is 27.3 Å². The molecule has 0 N–H and O–H groups in total. The van der Waals surface area contributed by atoms with Gasteiger partial charge in [0.05, 0.1) is 15.9 Å². The predicted octanol–water partition coefficient (Wildman–Crippen LogP) is 4.02. The molecule has 126 valence electrons. The molecule has 23 heavy (non-hydrogen) atoms. The second-order valence-electron chi connectivity index (χ2n) is 6.40. The van der Waals surface area contributed by atoms with Crippen LogP contribution in [-0.4, -0.2) is 41.4 Å². The van der Waals surface area contributed by atoms with Crippen LogP contribution in [0.5, 0.6) is 0 Å². The van der Waals surface area contributed by atoms with Crippen LogP contribution in [0.1, 0.15) is 43.9 Å². The number of likely N-dealkylation sites (N-methyl/N-ethyl adjacent to an activating group) is 2. The molecule has 1 aliphatic carbocycles. The summed E-state index contributed by atoms with van der Waals surface area (Å²) in [4.78, 5) is 17.8. The number of nitrogens with zero attached hydrogens (tertiary/aromatic N) is 3. The smallest absolute Gasteiger partial charge is 0.240 e. The van der Waals surface area contributed by atoms with Gasteiger partial charge >= 0.3 is 0 Å². The Morgan fingerprint density at radius 1 is 1.39 bits per heavy atom. The first-order valence-corrected chi connectivity index (χ1v) is 9.64. The molecule has 1 fully saturated rings. The number of rotatable bonds is 5. The van der Waals surface area contributed by atoms with E-state index in [1.807, 2.05) is 24.9 Å². The maximum atomic E-state index is 12.9. The van der Waals surface area contributed by atoms with E-state index in [1.165, 1.54) is 4.88 Å². The van der Waals surface area contributed by atoms with Crippen LogP contribution in [0.25, 0.3) is 0 Å². The van der Waals surface area contributed by atoms with E-state index in [0.717, 1.165) is 42.4 Å². The van der Waals surface area contributed by atoms with Crippen molar-refractivity contribution < 1.29 is 4.79 Å². The van der Waals surface area contributed by atoms with Crippen LogP contribution in [0, 0.1) is 11.3 Å². The number of amides is 1. The summed E-state index contributed by atoms with van der Waals surface area (Å²) in [5, 5.41) is 9.66. The van der Waals surface area contributed by atoms with Gasteiger partial charge < -0.3 is 4.90 Å². The van der Waals surface area contributed by atoms with Crippen LogP contribution in [0.15, 0.2) is 15.9 Å². The number of hydrogen-bond donors (Lipinski definition) is 0. The molecule has 6 heteroatoms. The van der Waals surface area contributed by atoms with Gasteiger partial charge in [-0.3, -0.25) is 9.69 Å². The Balaban J connectivity index is 2.04. The first-order valence-electron chi connectivity index (χ1n) is 8.03. The summed E-state index contributed by atoms with van der Waals surface area (Å²) >= 11 is 5.15. The van der Waals surface area contributed by atoms with Crippen molar-refractivity contribution in [2.45, 2.75) is 57.2 Å². The minimum Gasteiger partial charge on any atom is -0.326 e. The molecule has 1 saturated carbocycles. The number of halogens is 1. The van der Waals surface area contributed by atoms with Crippen molar-refractivity contribution in [3.05, 3.63) is 20.8 Å². The largest absolute Gasteiger partial charge is 0.326 e. The van der Waals surface area contributed by atoms with E-state index in [-0.39, 0.29) is 11.9 Å². The van der Waals surface area contributed by atoms with Gasteiger partial charge in [-0.15, -0.1) is 11.3 Å². The van der Waals surface area contributed by atoms with Crippen molar-refractivity contribution in [2.75, 3.05) is 14.1 Å². The van der Waals surface area contributed by atoms with Crippen LogP contribution in [0.3, 0.4) is 0 Å². The highest BCUT2D eigenvalue weighted by atomic mass is 79.9. The fourth-order valence-electron chi connectivity index (χ4n) is 3.16. The second-order valence-corrected chi connectivity index (χ2v) is 8.95. The highest BCUT2D eigenvalue weighted by Crippen LogP contribution is 2.33. The van der Waals surface area contributed by atoms with Crippen LogP contribution in [0.2, 0.25) is 0 Å². The van der Waals surface area contributed by atoms with Crippen LogP contribution < -0.4 is 0 Å². The van der Waals surface area contributed by atoms with Gasteiger partial charge in [0, 0.05) is 18.5 Å². The van der Waals surface area contributed by atoms with E-state index < -0.39 is 5.54 Å². The van der Waals surface area contributed by atoms with Crippen LogP contribution in [0.4, 0.5) is 0 Å². The molecule has 0 aliphatic heterocycles. The highest BCUT2D eigenvalue weighted by molar-refractivity contribution is 9.11. The van der Waals surface area contributed by atoms with E-state index in [2.05, 4.69) is 28.1 Å². The molecule has 0 radical (unpaired) electrons. The molecule has 4 nitrogen and oxygen atoms in total. The monoisotopic (exact) mass is 397 g/mol. The van der Waals surface area contributed by atoms with Crippen molar-refractivity contribution in [3.8, 4) is 6.07 Å². The third-order valence-electron chi connectivity index (χ3n) is 4.91. The molecule has 1 atom stereocenters. The lowest BCUT2D eigenvalue weighted by Crippen LogP contribution is -2.55. The van der Waals surface area contributed by atoms with Gasteiger partial charge in [0.2, 0.25) is 5.91 Å². The first-order chi connectivity index (χ1) is 10.9. The van der Waals surface area contributed by atoms with Gasteiger partial charge in [0.15, 0.2) is 0 Å². The minimum absolute atomic E-state index is 0.0339. The van der Waals surface area contributed by atoms with Crippen molar-refractivity contribution in [2.24, 2.45) is 0 Å². The first kappa shape index (κ1) is 18.4. The van der Waals surface area contributed by atoms with E-state index in [0.29, 0.717) is 0 Å². The van der Waals surface area contributed by atoms with Crippen molar-refractivity contribution >= 4 is 33.2 Å². The molecular weight excluding hydrogens is 374 g/mol. The lowest BCUT2D eigenvalue weighted by molar-refractivity contribution is -0.139. The summed E-state index contributed by atoms with van der Waals surface area (Å²) in [6, 6.07) is 6.29. The summed E-state index contributed by atoms with van der Waals surface area (Å²) in [6.45, 7) is 2.66. The van der Waals surface area contributed by atoms with E-state index in [9.17, 15) is 10.1 Å². The second kappa shape index (κ2) is 7.78. The zero-order chi connectivity index (χ0) is 17.0. The lowest BCUT2D eigenvalue weighted by Gasteiger charge is -2.41. The Bertz CT molecular complexity index is 589. The summed E-state index contributed by atoms with van der Waals surface area (Å²) < 4.78 is 1.10. The average molecular weight is 398 g/mol. The Kier molecular flexibility index (Phi) is 6.24. The molecule has 0 saturated heterocycles. The normalized spacial score (nSPS) is 18.4. The molecule has 1 heterocycles. The number of nitriles is 1. The quantitative estimate of drug-likeness (QED) is 0.753. The van der Waals surface area contributed by atoms with Gasteiger partial charge in [-0.2, -0.15) is 5.26 Å². The Labute approximate surface area is 151 Å². The molecule has 1 amide bonds. The van der Waals surface area contributed by atoms with Gasteiger partial charge in [-0.1, -0.05) is 19.3 Å². The van der Waals surface area contributed by atoms with Crippen molar-refractivity contribution in [3.63, 3.8) is 0 Å². The number of hydrogen-bond acceptors (Lipinski definition) is 4. The molecule has 0 bridgehead atoms. The van der Waals surface area contributed by atoms with Gasteiger partial charge in [-0.05, 0) is 54.9 Å². The third-order valence-corrected chi connectivity index (χ3v) is 6.52.